The highest BCUT2D eigenvalue weighted by atomic mass is 32.1. The Balaban J connectivity index is 2.41. The van der Waals surface area contributed by atoms with Crippen LogP contribution < -0.4 is 5.32 Å². The number of hydrogen-bond donors (Lipinski definition) is 1. The first-order valence-electron chi connectivity index (χ1n) is 6.12. The summed E-state index contributed by atoms with van der Waals surface area (Å²) in [5.41, 5.74) is 2.17. The van der Waals surface area contributed by atoms with Crippen LogP contribution in [0.15, 0.2) is 23.0 Å². The SMILES string of the molecule is CCNC(c1ccoc1)c1snnc1C(C)(C)C. The zero-order valence-corrected chi connectivity index (χ0v) is 12.0. The largest absolute Gasteiger partial charge is 0.472 e. The van der Waals surface area contributed by atoms with Crippen molar-refractivity contribution in [3.05, 3.63) is 34.7 Å². The molecule has 2 aromatic rings. The molecular formula is C13H19N3OS. The third kappa shape index (κ3) is 2.62. The smallest absolute Gasteiger partial charge is 0.0954 e. The molecule has 18 heavy (non-hydrogen) atoms. The van der Waals surface area contributed by atoms with Gasteiger partial charge in [-0.2, -0.15) is 0 Å². The Morgan fingerprint density at radius 2 is 2.22 bits per heavy atom. The highest BCUT2D eigenvalue weighted by Crippen LogP contribution is 2.33. The van der Waals surface area contributed by atoms with Gasteiger partial charge >= 0.3 is 0 Å². The first-order valence-corrected chi connectivity index (χ1v) is 6.89. The minimum absolute atomic E-state index is 0.000257. The molecule has 98 valence electrons. The molecule has 0 spiro atoms. The van der Waals surface area contributed by atoms with Crippen molar-refractivity contribution in [3.8, 4) is 0 Å². The number of furan rings is 1. The van der Waals surface area contributed by atoms with Crippen molar-refractivity contribution in [1.82, 2.24) is 14.9 Å². The van der Waals surface area contributed by atoms with E-state index in [2.05, 4.69) is 42.6 Å². The molecule has 0 radical (unpaired) electrons. The van der Waals surface area contributed by atoms with Crippen LogP contribution in [-0.2, 0) is 5.41 Å². The van der Waals surface area contributed by atoms with Crippen LogP contribution >= 0.6 is 11.5 Å². The Kier molecular flexibility index (Phi) is 3.82. The van der Waals surface area contributed by atoms with Crippen molar-refractivity contribution in [3.63, 3.8) is 0 Å². The fourth-order valence-corrected chi connectivity index (χ4v) is 2.88. The zero-order chi connectivity index (χ0) is 13.2. The molecule has 0 aliphatic heterocycles. The molecule has 2 aromatic heterocycles. The van der Waals surface area contributed by atoms with Gasteiger partial charge in [0.05, 0.1) is 29.1 Å². The second-order valence-corrected chi connectivity index (χ2v) is 6.07. The van der Waals surface area contributed by atoms with Crippen molar-refractivity contribution >= 4 is 11.5 Å². The molecule has 0 saturated heterocycles. The quantitative estimate of drug-likeness (QED) is 0.922. The number of rotatable bonds is 4. The molecule has 0 aromatic carbocycles. The van der Waals surface area contributed by atoms with Gasteiger partial charge in [-0.15, -0.1) is 5.10 Å². The van der Waals surface area contributed by atoms with Gasteiger partial charge in [-0.05, 0) is 24.1 Å². The van der Waals surface area contributed by atoms with Gasteiger partial charge < -0.3 is 9.73 Å². The molecule has 1 N–H and O–H groups in total. The van der Waals surface area contributed by atoms with Crippen molar-refractivity contribution < 1.29 is 4.42 Å². The number of nitrogens with zero attached hydrogens (tertiary/aromatic N) is 2. The Morgan fingerprint density at radius 1 is 1.44 bits per heavy atom. The summed E-state index contributed by atoms with van der Waals surface area (Å²) >= 11 is 1.46. The van der Waals surface area contributed by atoms with Gasteiger partial charge in [0, 0.05) is 11.0 Å². The summed E-state index contributed by atoms with van der Waals surface area (Å²) in [6.07, 6.45) is 3.48. The molecule has 0 aliphatic rings. The van der Waals surface area contributed by atoms with Crippen LogP contribution in [0, 0.1) is 0 Å². The van der Waals surface area contributed by atoms with E-state index in [4.69, 9.17) is 4.42 Å². The average Bonchev–Trinajstić information content (AvgIpc) is 2.96. The number of nitrogens with one attached hydrogen (secondary N) is 1. The molecular weight excluding hydrogens is 246 g/mol. The molecule has 2 rings (SSSR count). The van der Waals surface area contributed by atoms with Crippen LogP contribution in [0.5, 0.6) is 0 Å². The van der Waals surface area contributed by atoms with Crippen LogP contribution in [0.1, 0.15) is 49.9 Å². The van der Waals surface area contributed by atoms with E-state index in [9.17, 15) is 0 Å². The molecule has 1 atom stereocenters. The van der Waals surface area contributed by atoms with Gasteiger partial charge in [-0.1, -0.05) is 32.2 Å². The minimum atomic E-state index is -0.000257. The van der Waals surface area contributed by atoms with Crippen molar-refractivity contribution in [1.29, 1.82) is 0 Å². The molecule has 1 unspecified atom stereocenters. The summed E-state index contributed by atoms with van der Waals surface area (Å²) in [6.45, 7) is 9.46. The Hall–Kier alpha value is -1.20. The van der Waals surface area contributed by atoms with Crippen molar-refractivity contribution in [2.75, 3.05) is 6.54 Å². The van der Waals surface area contributed by atoms with E-state index in [0.29, 0.717) is 0 Å². The van der Waals surface area contributed by atoms with E-state index < -0.39 is 0 Å². The van der Waals surface area contributed by atoms with Gasteiger partial charge in [0.1, 0.15) is 0 Å². The standard InChI is InChI=1S/C13H19N3OS/c1-5-14-10(9-6-7-17-8-9)11-12(13(2,3)4)15-16-18-11/h6-8,10,14H,5H2,1-4H3. The third-order valence-corrected chi connectivity index (χ3v) is 3.56. The molecule has 0 saturated carbocycles. The molecule has 0 bridgehead atoms. The summed E-state index contributed by atoms with van der Waals surface area (Å²) in [6, 6.07) is 2.10. The number of hydrogen-bond acceptors (Lipinski definition) is 5. The van der Waals surface area contributed by atoms with Gasteiger partial charge in [0.15, 0.2) is 0 Å². The molecule has 0 aliphatic carbocycles. The molecule has 0 fully saturated rings. The predicted molar refractivity (Wildman–Crippen MR) is 72.8 cm³/mol. The normalized spacial score (nSPS) is 13.8. The van der Waals surface area contributed by atoms with E-state index in [1.807, 2.05) is 6.07 Å². The Bertz CT molecular complexity index is 485. The average molecular weight is 265 g/mol. The summed E-state index contributed by atoms with van der Waals surface area (Å²) < 4.78 is 9.31. The molecule has 4 nitrogen and oxygen atoms in total. The van der Waals surface area contributed by atoms with Crippen LogP contribution in [0.3, 0.4) is 0 Å². The van der Waals surface area contributed by atoms with Gasteiger partial charge in [-0.3, -0.25) is 0 Å². The minimum Gasteiger partial charge on any atom is -0.472 e. The highest BCUT2D eigenvalue weighted by molar-refractivity contribution is 7.05. The monoisotopic (exact) mass is 265 g/mol. The lowest BCUT2D eigenvalue weighted by Crippen LogP contribution is -2.24. The summed E-state index contributed by atoms with van der Waals surface area (Å²) in [4.78, 5) is 1.17. The second-order valence-electron chi connectivity index (χ2n) is 5.28. The maximum atomic E-state index is 5.19. The lowest BCUT2D eigenvalue weighted by Gasteiger charge is -2.21. The van der Waals surface area contributed by atoms with Crippen molar-refractivity contribution in [2.24, 2.45) is 0 Å². The third-order valence-electron chi connectivity index (χ3n) is 2.77. The Morgan fingerprint density at radius 3 is 2.78 bits per heavy atom. The highest BCUT2D eigenvalue weighted by Gasteiger charge is 2.28. The summed E-state index contributed by atoms with van der Waals surface area (Å²) in [7, 11) is 0. The first kappa shape index (κ1) is 13.2. The van der Waals surface area contributed by atoms with E-state index in [0.717, 1.165) is 17.8 Å². The Labute approximate surface area is 112 Å². The van der Waals surface area contributed by atoms with Crippen LogP contribution in [0.25, 0.3) is 0 Å². The fraction of sp³-hybridized carbons (Fsp3) is 0.538. The summed E-state index contributed by atoms with van der Waals surface area (Å²) in [5.74, 6) is 0. The summed E-state index contributed by atoms with van der Waals surface area (Å²) in [5, 5.41) is 7.77. The maximum absolute atomic E-state index is 5.19. The van der Waals surface area contributed by atoms with Crippen molar-refractivity contribution in [2.45, 2.75) is 39.2 Å². The maximum Gasteiger partial charge on any atom is 0.0954 e. The molecule has 2 heterocycles. The topological polar surface area (TPSA) is 51.0 Å². The van der Waals surface area contributed by atoms with Gasteiger partial charge in [0.2, 0.25) is 0 Å². The fourth-order valence-electron chi connectivity index (χ4n) is 1.91. The van der Waals surface area contributed by atoms with Crippen LogP contribution in [0.2, 0.25) is 0 Å². The van der Waals surface area contributed by atoms with Gasteiger partial charge in [0.25, 0.3) is 0 Å². The lowest BCUT2D eigenvalue weighted by molar-refractivity contribution is 0.534. The van der Waals surface area contributed by atoms with Crippen LogP contribution in [0.4, 0.5) is 0 Å². The molecule has 5 heteroatoms. The lowest BCUT2D eigenvalue weighted by atomic mass is 9.89. The predicted octanol–water partition coefficient (Wildman–Crippen LogP) is 3.13. The zero-order valence-electron chi connectivity index (χ0n) is 11.2. The number of aromatic nitrogens is 2. The first-order chi connectivity index (χ1) is 8.54. The van der Waals surface area contributed by atoms with Crippen LogP contribution in [-0.4, -0.2) is 16.1 Å². The van der Waals surface area contributed by atoms with E-state index in [1.165, 1.54) is 16.4 Å². The molecule has 0 amide bonds. The van der Waals surface area contributed by atoms with E-state index in [1.54, 1.807) is 12.5 Å². The van der Waals surface area contributed by atoms with E-state index in [-0.39, 0.29) is 11.5 Å². The van der Waals surface area contributed by atoms with E-state index >= 15 is 0 Å². The van der Waals surface area contributed by atoms with Gasteiger partial charge in [-0.25, -0.2) is 0 Å². The second kappa shape index (κ2) is 5.20.